The fourth-order valence-corrected chi connectivity index (χ4v) is 0.191. The van der Waals surface area contributed by atoms with Crippen molar-refractivity contribution < 1.29 is 15.1 Å². The summed E-state index contributed by atoms with van der Waals surface area (Å²) in [5, 5.41) is 25.8. The summed E-state index contributed by atoms with van der Waals surface area (Å²) in [6, 6.07) is -1.21. The summed E-state index contributed by atoms with van der Waals surface area (Å²) >= 11 is 0. The minimum Gasteiger partial charge on any atom is -0.389 e. The number of hydrogen-bond donors (Lipinski definition) is 2. The predicted molar refractivity (Wildman–Crippen MR) is 30.7 cm³/mol. The van der Waals surface area contributed by atoms with Crippen molar-refractivity contribution in [2.75, 3.05) is 13.2 Å². The summed E-state index contributed by atoms with van der Waals surface area (Å²) in [7, 11) is 0. The third-order valence-corrected chi connectivity index (χ3v) is 0.720. The molecule has 0 fully saturated rings. The number of aliphatic hydroxyl groups excluding tert-OH is 2. The van der Waals surface area contributed by atoms with E-state index in [-0.39, 0.29) is 51.4 Å². The van der Waals surface area contributed by atoms with Gasteiger partial charge in [-0.1, -0.05) is 0 Å². The Hall–Kier alpha value is 0.956. The van der Waals surface area contributed by atoms with Crippen molar-refractivity contribution in [1.82, 2.24) is 0 Å². The monoisotopic (exact) mass is 160 g/mol. The van der Waals surface area contributed by atoms with Crippen molar-refractivity contribution in [2.45, 2.75) is 6.04 Å². The van der Waals surface area contributed by atoms with E-state index in [9.17, 15) is 10.1 Å². The van der Waals surface area contributed by atoms with E-state index in [1.54, 1.807) is 0 Å². The first kappa shape index (κ1) is 12.6. The van der Waals surface area contributed by atoms with Crippen LogP contribution in [0.15, 0.2) is 0 Å². The fourth-order valence-electron chi connectivity index (χ4n) is 0.191. The Kier molecular flexibility index (Phi) is 9.91. The molecule has 0 spiro atoms. The molecule has 5 nitrogen and oxygen atoms in total. The van der Waals surface area contributed by atoms with Crippen LogP contribution in [0.3, 0.4) is 0 Å². The van der Waals surface area contributed by atoms with Crippen molar-refractivity contribution in [3.8, 4) is 0 Å². The molecule has 0 aliphatic heterocycles. The number of rotatable bonds is 3. The second-order valence-electron chi connectivity index (χ2n) is 1.30. The third-order valence-electron chi connectivity index (χ3n) is 0.720. The van der Waals surface area contributed by atoms with Gasteiger partial charge in [0.1, 0.15) is 13.2 Å². The van der Waals surface area contributed by atoms with Gasteiger partial charge in [-0.25, -0.2) is 0 Å². The molecule has 0 saturated heterocycles. The summed E-state index contributed by atoms with van der Waals surface area (Å²) in [4.78, 5) is 8.92. The second-order valence-corrected chi connectivity index (χ2v) is 1.30. The zero-order valence-electron chi connectivity index (χ0n) is 5.15. The molecule has 0 rings (SSSR count). The van der Waals surface area contributed by atoms with Crippen molar-refractivity contribution in [2.24, 2.45) is 0 Å². The second kappa shape index (κ2) is 7.07. The largest absolute Gasteiger partial charge is 0.389 e. The van der Waals surface area contributed by atoms with E-state index < -0.39 is 24.2 Å². The van der Waals surface area contributed by atoms with Crippen LogP contribution in [0.2, 0.25) is 0 Å². The molecule has 0 unspecified atom stereocenters. The van der Waals surface area contributed by atoms with Crippen molar-refractivity contribution in [1.29, 1.82) is 0 Å². The average Bonchev–Trinajstić information content (AvgIpc) is 1.69. The molecule has 0 amide bonds. The molecule has 1 radical (unpaired) electrons. The maximum absolute atomic E-state index is 9.65. The first-order valence-electron chi connectivity index (χ1n) is 2.07. The molecule has 49 valence electrons. The van der Waals surface area contributed by atoms with Gasteiger partial charge in [0.2, 0.25) is 0 Å². The molecule has 0 aliphatic carbocycles. The number of nitrogens with zero attached hydrogens (tertiary/aromatic N) is 1. The van der Waals surface area contributed by atoms with Crippen LogP contribution in [0, 0.1) is 10.1 Å². The van der Waals surface area contributed by atoms with Crippen LogP contribution in [0.25, 0.3) is 0 Å². The number of aliphatic hydroxyl groups is 2. The summed E-state index contributed by atoms with van der Waals surface area (Å²) in [5.41, 5.74) is 0. The molecule has 0 bridgehead atoms. The summed E-state index contributed by atoms with van der Waals surface area (Å²) in [6.45, 7) is -1.22. The third kappa shape index (κ3) is 5.40. The first-order chi connectivity index (χ1) is 3.72. The zero-order chi connectivity index (χ0) is 6.57. The number of nitro groups is 1. The summed E-state index contributed by atoms with van der Waals surface area (Å²) in [5.74, 6) is 0. The molecule has 0 heterocycles. The molecule has 0 aromatic carbocycles. The Morgan fingerprint density at radius 1 is 1.44 bits per heavy atom. The molecule has 0 aromatic heterocycles. The van der Waals surface area contributed by atoms with Crippen LogP contribution < -0.4 is 0 Å². The van der Waals surface area contributed by atoms with E-state index in [1.807, 2.05) is 0 Å². The smallest absolute Gasteiger partial charge is 0.258 e. The molecule has 0 atom stereocenters. The molecular formula is C3H7KNO4. The van der Waals surface area contributed by atoms with Gasteiger partial charge in [0.25, 0.3) is 6.04 Å². The van der Waals surface area contributed by atoms with Crippen LogP contribution in [0.4, 0.5) is 0 Å². The zero-order valence-corrected chi connectivity index (χ0v) is 8.27. The standard InChI is InChI=1S/C3H7NO4.K/c5-1-3(2-6)4(7)8;/h3,5-6H,1-2H2;. The van der Waals surface area contributed by atoms with E-state index in [0.717, 1.165) is 0 Å². The van der Waals surface area contributed by atoms with E-state index in [0.29, 0.717) is 0 Å². The van der Waals surface area contributed by atoms with Crippen LogP contribution in [-0.4, -0.2) is 85.8 Å². The van der Waals surface area contributed by atoms with Crippen molar-refractivity contribution in [3.05, 3.63) is 10.1 Å². The van der Waals surface area contributed by atoms with E-state index >= 15 is 0 Å². The van der Waals surface area contributed by atoms with Crippen LogP contribution >= 0.6 is 0 Å². The van der Waals surface area contributed by atoms with Gasteiger partial charge in [-0.2, -0.15) is 0 Å². The van der Waals surface area contributed by atoms with Gasteiger partial charge in [0.15, 0.2) is 0 Å². The average molecular weight is 160 g/mol. The van der Waals surface area contributed by atoms with Crippen molar-refractivity contribution >= 4 is 51.4 Å². The number of hydrogen-bond acceptors (Lipinski definition) is 4. The van der Waals surface area contributed by atoms with E-state index in [1.165, 1.54) is 0 Å². The first-order valence-corrected chi connectivity index (χ1v) is 2.07. The Morgan fingerprint density at radius 2 is 1.78 bits per heavy atom. The van der Waals surface area contributed by atoms with Crippen LogP contribution in [0.1, 0.15) is 0 Å². The van der Waals surface area contributed by atoms with Crippen LogP contribution in [-0.2, 0) is 0 Å². The maximum Gasteiger partial charge on any atom is 0.258 e. The predicted octanol–water partition coefficient (Wildman–Crippen LogP) is -1.76. The Bertz CT molecular complexity index is 83.9. The minimum atomic E-state index is -1.21. The summed E-state index contributed by atoms with van der Waals surface area (Å²) in [6.07, 6.45) is 0. The SMILES string of the molecule is O=[N+]([O-])C(CO)CO.[K]. The van der Waals surface area contributed by atoms with Gasteiger partial charge < -0.3 is 10.2 Å². The molecule has 0 aliphatic rings. The molecule has 9 heavy (non-hydrogen) atoms. The van der Waals surface area contributed by atoms with E-state index in [4.69, 9.17) is 10.2 Å². The van der Waals surface area contributed by atoms with Gasteiger partial charge in [0, 0.05) is 56.3 Å². The Balaban J connectivity index is 0. The van der Waals surface area contributed by atoms with E-state index in [2.05, 4.69) is 0 Å². The van der Waals surface area contributed by atoms with Gasteiger partial charge in [-0.05, 0) is 0 Å². The van der Waals surface area contributed by atoms with Gasteiger partial charge >= 0.3 is 0 Å². The molecule has 2 N–H and O–H groups in total. The van der Waals surface area contributed by atoms with Gasteiger partial charge in [0.05, 0.1) is 0 Å². The fraction of sp³-hybridized carbons (Fsp3) is 1.00. The van der Waals surface area contributed by atoms with Crippen LogP contribution in [0.5, 0.6) is 0 Å². The van der Waals surface area contributed by atoms with Gasteiger partial charge in [-0.15, -0.1) is 0 Å². The topological polar surface area (TPSA) is 83.6 Å². The summed E-state index contributed by atoms with van der Waals surface area (Å²) < 4.78 is 0. The molecular weight excluding hydrogens is 153 g/mol. The molecule has 6 heteroatoms. The van der Waals surface area contributed by atoms with Gasteiger partial charge in [-0.3, -0.25) is 10.1 Å². The molecule has 0 aromatic rings. The quantitative estimate of drug-likeness (QED) is 0.291. The Labute approximate surface area is 94.6 Å². The maximum atomic E-state index is 9.65. The molecule has 0 saturated carbocycles. The Morgan fingerprint density at radius 3 is 1.78 bits per heavy atom. The minimum absolute atomic E-state index is 0. The van der Waals surface area contributed by atoms with Crippen molar-refractivity contribution in [3.63, 3.8) is 0 Å². The normalized spacial score (nSPS) is 8.78.